The average Bonchev–Trinajstić information content (AvgIpc) is 2.81. The maximum atomic E-state index is 12.4. The van der Waals surface area contributed by atoms with Gasteiger partial charge in [0, 0.05) is 0 Å². The molecule has 0 amide bonds. The molecule has 0 saturated carbocycles. The number of aliphatic hydroxyl groups excluding tert-OH is 5. The van der Waals surface area contributed by atoms with E-state index in [9.17, 15) is 24.8 Å². The summed E-state index contributed by atoms with van der Waals surface area (Å²) in [5, 5.41) is 46.8. The average molecular weight is 284 g/mol. The largest absolute Gasteiger partial charge is 0.387 e. The van der Waals surface area contributed by atoms with Crippen LogP contribution in [0.15, 0.2) is 0 Å². The molecule has 5 N–H and O–H groups in total. The molecule has 9 heteroatoms. The topological polar surface area (TPSA) is 129 Å². The van der Waals surface area contributed by atoms with E-state index >= 15 is 0 Å². The van der Waals surface area contributed by atoms with Crippen molar-refractivity contribution in [3.05, 3.63) is 0 Å². The minimum absolute atomic E-state index is 0.303. The van der Waals surface area contributed by atoms with E-state index in [1.54, 1.807) is 0 Å². The first-order valence-corrected chi connectivity index (χ1v) is 5.84. The molecule has 19 heavy (non-hydrogen) atoms. The fourth-order valence-corrected chi connectivity index (χ4v) is 2.04. The normalized spacial score (nSPS) is 50.8. The molecule has 0 bridgehead atoms. The third-order valence-electron chi connectivity index (χ3n) is 3.23. The van der Waals surface area contributed by atoms with E-state index in [0.717, 1.165) is 0 Å². The van der Waals surface area contributed by atoms with E-state index in [1.165, 1.54) is 0 Å². The van der Waals surface area contributed by atoms with Crippen molar-refractivity contribution in [1.29, 1.82) is 0 Å². The first-order valence-electron chi connectivity index (χ1n) is 5.84. The Morgan fingerprint density at radius 3 is 1.95 bits per heavy atom. The predicted molar refractivity (Wildman–Crippen MR) is 55.5 cm³/mol. The first kappa shape index (κ1) is 15.0. The zero-order chi connectivity index (χ0) is 14.2. The Bertz CT molecular complexity index is 305. The molecule has 0 aromatic heterocycles. The van der Waals surface area contributed by atoms with Crippen LogP contribution in [-0.2, 0) is 14.2 Å². The SMILES string of the molecule is O[C@@H]1[C@@H](OC[C@H]2O[C@H](O)[C@@H](O)[C@@H]2O)O[C@H](CF)[C@H]1O. The predicted octanol–water partition coefficient (Wildman–Crippen LogP) is -3.14. The lowest BCUT2D eigenvalue weighted by atomic mass is 10.1. The zero-order valence-corrected chi connectivity index (χ0v) is 9.87. The number of alkyl halides is 1. The minimum atomic E-state index is -1.53. The van der Waals surface area contributed by atoms with Crippen LogP contribution in [0.25, 0.3) is 0 Å². The van der Waals surface area contributed by atoms with Crippen molar-refractivity contribution in [2.45, 2.75) is 49.2 Å². The molecular formula is C10H17FO8. The number of ether oxygens (including phenoxy) is 3. The Labute approximate surface area is 107 Å². The number of hydrogen-bond donors (Lipinski definition) is 5. The highest BCUT2D eigenvalue weighted by molar-refractivity contribution is 4.88. The van der Waals surface area contributed by atoms with Gasteiger partial charge < -0.3 is 39.7 Å². The Hall–Kier alpha value is -0.390. The highest BCUT2D eigenvalue weighted by Crippen LogP contribution is 2.25. The van der Waals surface area contributed by atoms with Crippen LogP contribution < -0.4 is 0 Å². The van der Waals surface area contributed by atoms with Gasteiger partial charge in [0.15, 0.2) is 12.6 Å². The zero-order valence-electron chi connectivity index (χ0n) is 9.87. The summed E-state index contributed by atoms with van der Waals surface area (Å²) in [5.41, 5.74) is 0. The molecule has 2 rings (SSSR count). The number of rotatable bonds is 4. The quantitative estimate of drug-likeness (QED) is 0.366. The summed E-state index contributed by atoms with van der Waals surface area (Å²) in [5.74, 6) is 0. The third kappa shape index (κ3) is 2.88. The maximum Gasteiger partial charge on any atom is 0.186 e. The van der Waals surface area contributed by atoms with Crippen LogP contribution >= 0.6 is 0 Å². The van der Waals surface area contributed by atoms with Gasteiger partial charge in [0.05, 0.1) is 6.61 Å². The van der Waals surface area contributed by atoms with Crippen molar-refractivity contribution in [3.8, 4) is 0 Å². The summed E-state index contributed by atoms with van der Waals surface area (Å²) in [6.45, 7) is -1.28. The van der Waals surface area contributed by atoms with Gasteiger partial charge in [-0.05, 0) is 0 Å². The molecule has 0 aliphatic carbocycles. The molecule has 8 nitrogen and oxygen atoms in total. The molecule has 2 fully saturated rings. The Balaban J connectivity index is 1.83. The molecule has 2 heterocycles. The third-order valence-corrected chi connectivity index (χ3v) is 3.23. The fourth-order valence-electron chi connectivity index (χ4n) is 2.04. The van der Waals surface area contributed by atoms with Gasteiger partial charge >= 0.3 is 0 Å². The summed E-state index contributed by atoms with van der Waals surface area (Å²) >= 11 is 0. The van der Waals surface area contributed by atoms with Crippen molar-refractivity contribution < 1.29 is 44.1 Å². The Morgan fingerprint density at radius 2 is 1.47 bits per heavy atom. The lowest BCUT2D eigenvalue weighted by Crippen LogP contribution is -2.38. The maximum absolute atomic E-state index is 12.4. The summed E-state index contributed by atoms with van der Waals surface area (Å²) in [6.07, 6.45) is -10.6. The lowest BCUT2D eigenvalue weighted by Gasteiger charge is -2.19. The van der Waals surface area contributed by atoms with Crippen LogP contribution in [0.2, 0.25) is 0 Å². The van der Waals surface area contributed by atoms with Crippen LogP contribution in [0.4, 0.5) is 4.39 Å². The second-order valence-corrected chi connectivity index (χ2v) is 4.56. The second-order valence-electron chi connectivity index (χ2n) is 4.56. The summed E-state index contributed by atoms with van der Waals surface area (Å²) in [4.78, 5) is 0. The van der Waals surface area contributed by atoms with Crippen molar-refractivity contribution in [1.82, 2.24) is 0 Å². The summed E-state index contributed by atoms with van der Waals surface area (Å²) in [7, 11) is 0. The molecule has 2 aliphatic heterocycles. The van der Waals surface area contributed by atoms with Gasteiger partial charge in [0.1, 0.15) is 43.3 Å². The minimum Gasteiger partial charge on any atom is -0.387 e. The van der Waals surface area contributed by atoms with Crippen LogP contribution in [0.5, 0.6) is 0 Å². The standard InChI is InChI=1S/C10H17FO8/c11-1-3-5(12)8(15)10(19-3)17-2-4-6(13)7(14)9(16)18-4/h3-10,12-16H,1-2H2/t3-,4-,5-,6-,7+,8+,9+,10+/m1/s1. The fraction of sp³-hybridized carbons (Fsp3) is 1.00. The van der Waals surface area contributed by atoms with Gasteiger partial charge in [-0.3, -0.25) is 0 Å². The van der Waals surface area contributed by atoms with Crippen molar-refractivity contribution in [3.63, 3.8) is 0 Å². The first-order chi connectivity index (χ1) is 8.95. The number of aliphatic hydroxyl groups is 5. The van der Waals surface area contributed by atoms with Crippen LogP contribution in [0, 0.1) is 0 Å². The Morgan fingerprint density at radius 1 is 0.842 bits per heavy atom. The molecule has 112 valence electrons. The number of halogens is 1. The molecule has 2 aliphatic rings. The van der Waals surface area contributed by atoms with Gasteiger partial charge in [-0.25, -0.2) is 4.39 Å². The van der Waals surface area contributed by atoms with E-state index in [1.807, 2.05) is 0 Å². The van der Waals surface area contributed by atoms with Gasteiger partial charge in [-0.1, -0.05) is 0 Å². The van der Waals surface area contributed by atoms with Gasteiger partial charge in [-0.2, -0.15) is 0 Å². The molecule has 2 saturated heterocycles. The molecular weight excluding hydrogens is 267 g/mol. The summed E-state index contributed by atoms with van der Waals surface area (Å²) < 4.78 is 27.2. The van der Waals surface area contributed by atoms with E-state index in [2.05, 4.69) is 0 Å². The van der Waals surface area contributed by atoms with Crippen molar-refractivity contribution >= 4 is 0 Å². The van der Waals surface area contributed by atoms with Crippen LogP contribution in [0.1, 0.15) is 0 Å². The van der Waals surface area contributed by atoms with Crippen molar-refractivity contribution in [2.24, 2.45) is 0 Å². The van der Waals surface area contributed by atoms with E-state index < -0.39 is 55.9 Å². The smallest absolute Gasteiger partial charge is 0.186 e. The van der Waals surface area contributed by atoms with E-state index in [0.29, 0.717) is 0 Å². The van der Waals surface area contributed by atoms with Crippen molar-refractivity contribution in [2.75, 3.05) is 13.3 Å². The van der Waals surface area contributed by atoms with Crippen LogP contribution in [0.3, 0.4) is 0 Å². The van der Waals surface area contributed by atoms with Gasteiger partial charge in [0.25, 0.3) is 0 Å². The molecule has 8 atom stereocenters. The monoisotopic (exact) mass is 284 g/mol. The van der Waals surface area contributed by atoms with Gasteiger partial charge in [-0.15, -0.1) is 0 Å². The number of hydrogen-bond acceptors (Lipinski definition) is 8. The van der Waals surface area contributed by atoms with E-state index in [4.69, 9.17) is 19.3 Å². The highest BCUT2D eigenvalue weighted by atomic mass is 19.1. The molecule has 0 aromatic carbocycles. The molecule has 0 aromatic rings. The van der Waals surface area contributed by atoms with E-state index in [-0.39, 0.29) is 6.61 Å². The molecule has 0 radical (unpaired) electrons. The summed E-state index contributed by atoms with van der Waals surface area (Å²) in [6, 6.07) is 0. The molecule has 0 spiro atoms. The van der Waals surface area contributed by atoms with Crippen LogP contribution in [-0.4, -0.2) is 88.0 Å². The molecule has 0 unspecified atom stereocenters. The Kier molecular flexibility index (Phi) is 4.69. The second kappa shape index (κ2) is 5.94. The lowest BCUT2D eigenvalue weighted by molar-refractivity contribution is -0.196. The highest BCUT2D eigenvalue weighted by Gasteiger charge is 2.46. The van der Waals surface area contributed by atoms with Gasteiger partial charge in [0.2, 0.25) is 0 Å².